The van der Waals surface area contributed by atoms with Crippen molar-refractivity contribution in [2.45, 2.75) is 61.4 Å². The summed E-state index contributed by atoms with van der Waals surface area (Å²) in [6.07, 6.45) is -27.5. The minimum Gasteiger partial charge on any atom is -0.504 e. The summed E-state index contributed by atoms with van der Waals surface area (Å²) < 4.78 is 68.0. The quantitative estimate of drug-likeness (QED) is 0.0561. The lowest BCUT2D eigenvalue weighted by molar-refractivity contribution is -0.284. The van der Waals surface area contributed by atoms with Crippen LogP contribution in [-0.2, 0) is 52.1 Å². The number of esters is 9. The van der Waals surface area contributed by atoms with Crippen molar-refractivity contribution in [1.82, 2.24) is 0 Å². The summed E-state index contributed by atoms with van der Waals surface area (Å²) in [6.45, 7) is -3.02. The van der Waals surface area contributed by atoms with Gasteiger partial charge in [0.15, 0.2) is 152 Å². The number of aliphatic hydroxyl groups excluding tert-OH is 1. The van der Waals surface area contributed by atoms with Crippen LogP contribution in [-0.4, -0.2) is 266 Å². The van der Waals surface area contributed by atoms with E-state index < -0.39 is 373 Å². The van der Waals surface area contributed by atoms with Crippen molar-refractivity contribution in [3.8, 4) is 194 Å². The molecule has 2 fully saturated rings. The Labute approximate surface area is 675 Å². The van der Waals surface area contributed by atoms with Crippen LogP contribution in [0.1, 0.15) is 93.2 Å². The van der Waals surface area contributed by atoms with Crippen LogP contribution in [0.25, 0.3) is 33.4 Å². The molecule has 0 bridgehead atoms. The summed E-state index contributed by atoms with van der Waals surface area (Å²) in [5.74, 6) is -60.2. The number of carbonyl (C=O) groups excluding carboxylic acids is 9. The summed E-state index contributed by atoms with van der Waals surface area (Å²) in [7, 11) is 0. The number of hydrogen-bond acceptors (Lipinski definition) is 48. The zero-order chi connectivity index (χ0) is 89.5. The maximum absolute atomic E-state index is 15.8. The zero-order valence-corrected chi connectivity index (χ0v) is 60.2. The molecule has 9 aromatic rings. The lowest BCUT2D eigenvalue weighted by atomic mass is 9.91. The Hall–Kier alpha value is -17.3. The molecule has 5 aliphatic heterocycles. The molecule has 48 nitrogen and oxygen atoms in total. The van der Waals surface area contributed by atoms with Gasteiger partial charge in [0, 0.05) is 45.5 Å². The van der Waals surface area contributed by atoms with E-state index in [1.54, 1.807) is 0 Å². The first kappa shape index (κ1) is 82.2. The van der Waals surface area contributed by atoms with Crippen LogP contribution in [0.3, 0.4) is 0 Å². The first-order valence-corrected chi connectivity index (χ1v) is 34.2. The molecule has 10 atom stereocenters. The highest BCUT2D eigenvalue weighted by molar-refractivity contribution is 6.12. The molecule has 123 heavy (non-hydrogen) atoms. The summed E-state index contributed by atoms with van der Waals surface area (Å²) in [5, 5.41) is 297. The number of rotatable bonds is 9. The molecule has 5 aliphatic rings. The lowest BCUT2D eigenvalue weighted by Crippen LogP contribution is -2.63. The Kier molecular flexibility index (Phi) is 20.1. The zero-order valence-electron chi connectivity index (χ0n) is 60.2. The van der Waals surface area contributed by atoms with E-state index in [0.29, 0.717) is 30.3 Å². The molecule has 14 rings (SSSR count). The average Bonchev–Trinajstić information content (AvgIpc) is 1.40. The maximum Gasteiger partial charge on any atom is 0.342 e. The third-order valence-corrected chi connectivity index (χ3v) is 19.5. The number of phenolic OH excluding ortho intramolecular Hbond substituents is 26. The SMILES string of the molecule is O=C(OC[C@H]1OC(O)[C@@H]2OC(=O)c3cc(O)c(O)c(O)c3-c3c(cc(O)c(O)c3O)C(=O)O[C@H]2[C@@H]1OC(=O)c1cc(O)c(O)c(O)c1Oc1cc2c(c(O)c1O)-c1c(cc(O)c(O)c1O)C(=O)OC[C@H]1O[C@@H](OC(=O)c3cc(O)c(O)c(O)c3)[C@@H]3OC(=O)c4cc(O)c(O)c(O)c4-c4c(cc(O)c(O)c4O)C(=O)O[C@H]3[C@@H]1OC2=O)c1cc(O)c(O)c(O)c1. The Morgan fingerprint density at radius 3 is 1.07 bits per heavy atom. The van der Waals surface area contributed by atoms with E-state index in [2.05, 4.69) is 0 Å². The fourth-order valence-corrected chi connectivity index (χ4v) is 13.6. The summed E-state index contributed by atoms with van der Waals surface area (Å²) >= 11 is 0. The second-order valence-electron chi connectivity index (χ2n) is 26.8. The van der Waals surface area contributed by atoms with Gasteiger partial charge < -0.3 is 195 Å². The predicted octanol–water partition coefficient (Wildman–Crippen LogP) is 2.73. The topological polar surface area (TPSA) is 811 Å². The van der Waals surface area contributed by atoms with E-state index >= 15 is 14.4 Å². The van der Waals surface area contributed by atoms with Gasteiger partial charge in [0.2, 0.25) is 58.4 Å². The smallest absolute Gasteiger partial charge is 0.342 e. The van der Waals surface area contributed by atoms with Crippen molar-refractivity contribution in [1.29, 1.82) is 0 Å². The number of hydrogen-bond donors (Lipinski definition) is 27. The Bertz CT molecular complexity index is 6140. The molecule has 1 unspecified atom stereocenters. The third kappa shape index (κ3) is 13.6. The highest BCUT2D eigenvalue weighted by atomic mass is 16.8. The summed E-state index contributed by atoms with van der Waals surface area (Å²) in [5.41, 5.74) is -19.1. The van der Waals surface area contributed by atoms with E-state index in [0.717, 1.165) is 0 Å². The molecule has 0 saturated carbocycles. The Balaban J connectivity index is 0.914. The van der Waals surface area contributed by atoms with Crippen LogP contribution in [0.2, 0.25) is 0 Å². The van der Waals surface area contributed by atoms with Crippen LogP contribution in [0.4, 0.5) is 0 Å². The van der Waals surface area contributed by atoms with E-state index in [9.17, 15) is 167 Å². The Morgan fingerprint density at radius 1 is 0.317 bits per heavy atom. The monoisotopic (exact) mass is 1720 g/mol. The molecule has 0 amide bonds. The molecule has 0 aliphatic carbocycles. The van der Waals surface area contributed by atoms with Crippen molar-refractivity contribution in [2.75, 3.05) is 13.2 Å². The highest BCUT2D eigenvalue weighted by Crippen LogP contribution is 2.59. The number of fused-ring (bicyclic) bond motifs is 13. The van der Waals surface area contributed by atoms with Crippen LogP contribution >= 0.6 is 0 Å². The first-order valence-electron chi connectivity index (χ1n) is 34.2. The normalized spacial score (nSPS) is 20.3. The van der Waals surface area contributed by atoms with Crippen LogP contribution in [0.15, 0.2) is 66.7 Å². The van der Waals surface area contributed by atoms with Crippen LogP contribution in [0.5, 0.6) is 161 Å². The van der Waals surface area contributed by atoms with Gasteiger partial charge in [-0.15, -0.1) is 0 Å². The van der Waals surface area contributed by atoms with Gasteiger partial charge in [-0.2, -0.15) is 0 Å². The van der Waals surface area contributed by atoms with Gasteiger partial charge in [-0.25, -0.2) is 43.2 Å². The van der Waals surface area contributed by atoms with Crippen LogP contribution < -0.4 is 4.74 Å². The van der Waals surface area contributed by atoms with E-state index in [4.69, 9.17) is 56.8 Å². The minimum atomic E-state index is -2.88. The molecular formula is C75H52O48. The molecule has 9 aromatic carbocycles. The van der Waals surface area contributed by atoms with Crippen molar-refractivity contribution >= 4 is 53.7 Å². The van der Waals surface area contributed by atoms with Crippen molar-refractivity contribution < 1.29 is 238 Å². The highest BCUT2D eigenvalue weighted by Gasteiger charge is 2.58. The van der Waals surface area contributed by atoms with Gasteiger partial charge in [-0.3, -0.25) is 0 Å². The van der Waals surface area contributed by atoms with E-state index in [1.165, 1.54) is 0 Å². The fourth-order valence-electron chi connectivity index (χ4n) is 13.6. The standard InChI is InChI=1S/C75H52O48/c76-23-1-14(2-24(77)42(23)86)65(102)112-12-34-59(61-63(74(111)115-34)121-70(107)19-8-30(83)47(91)54(98)39(19)37-17(68(105)119-61)6-28(81)45(89)52(37)96)118-73(110)22-10-32(85)49(93)57(101)58(22)114-33-11-21-41(56(100)50(33)94)36-16(5-27(80)44(88)51(36)95)67(104)113-13-35-60(117-72(21)109)62-64(75(116-35)123-66(103)15-3-25(78)43(87)26(79)4-15)122-71(108)20-9-31(84)48(92)55(99)40(20)38-18(69(106)120-62)7-29(82)46(90)53(38)97/h1-11,34-35,59-64,74-101,111H,12-13H2/t34-,35-,59-,60-,61+,62+,63-,64-,74?,75+/m1/s1. The average molecular weight is 1720 g/mol. The molecular weight excluding hydrogens is 1670 g/mol. The van der Waals surface area contributed by atoms with Crippen molar-refractivity contribution in [2.24, 2.45) is 0 Å². The van der Waals surface area contributed by atoms with Gasteiger partial charge in [0.1, 0.15) is 31.0 Å². The van der Waals surface area contributed by atoms with Gasteiger partial charge >= 0.3 is 53.7 Å². The predicted molar refractivity (Wildman–Crippen MR) is 379 cm³/mol. The summed E-state index contributed by atoms with van der Waals surface area (Å²) in [4.78, 5) is 133. The van der Waals surface area contributed by atoms with E-state index in [1.807, 2.05) is 0 Å². The van der Waals surface area contributed by atoms with Gasteiger partial charge in [-0.1, -0.05) is 0 Å². The molecule has 0 radical (unpaired) electrons. The molecule has 0 spiro atoms. The number of carbonyl (C=O) groups is 9. The summed E-state index contributed by atoms with van der Waals surface area (Å²) in [6, 6.07) is 3.60. The molecule has 27 N–H and O–H groups in total. The Morgan fingerprint density at radius 2 is 0.650 bits per heavy atom. The van der Waals surface area contributed by atoms with Crippen molar-refractivity contribution in [3.05, 3.63) is 117 Å². The largest absolute Gasteiger partial charge is 0.504 e. The lowest BCUT2D eigenvalue weighted by Gasteiger charge is -2.44. The second kappa shape index (κ2) is 30.0. The minimum absolute atomic E-state index is 0.110. The first-order chi connectivity index (χ1) is 57.9. The molecule has 2 saturated heterocycles. The van der Waals surface area contributed by atoms with Crippen molar-refractivity contribution in [3.63, 3.8) is 0 Å². The maximum atomic E-state index is 15.8. The number of phenols is 26. The molecule has 0 aromatic heterocycles. The van der Waals surface area contributed by atoms with Crippen LogP contribution in [0, 0.1) is 0 Å². The third-order valence-electron chi connectivity index (χ3n) is 19.5. The number of aromatic hydroxyl groups is 26. The number of benzene rings is 9. The molecule has 5 heterocycles. The number of cyclic esters (lactones) is 1. The molecule has 640 valence electrons. The molecule has 48 heteroatoms. The number of ether oxygens (including phenoxy) is 12. The van der Waals surface area contributed by atoms with E-state index in [-0.39, 0.29) is 36.4 Å². The van der Waals surface area contributed by atoms with Gasteiger partial charge in [-0.05, 0) is 54.6 Å². The van der Waals surface area contributed by atoms with Gasteiger partial charge in [0.05, 0.1) is 44.5 Å². The number of aliphatic hydroxyl groups is 1. The fraction of sp³-hybridized carbons (Fsp3) is 0.160. The van der Waals surface area contributed by atoms with Gasteiger partial charge in [0.25, 0.3) is 0 Å². The second-order valence-corrected chi connectivity index (χ2v) is 26.8.